The van der Waals surface area contributed by atoms with E-state index in [-0.39, 0.29) is 16.6 Å². The molecule has 0 saturated heterocycles. The standard InChI is InChI=1S/C16H9F5IN3O/c17-7-1-2-12-11(5-7)15(24-16(26)23-12)25(14(21)13(19)20)10-4-8(18)3-9(22)6-10/h1-6,13-14H,(H,23,24,26). The molecular weight excluding hydrogens is 472 g/mol. The average molecular weight is 481 g/mol. The molecule has 0 bridgehead atoms. The third-order valence-corrected chi connectivity index (χ3v) is 4.10. The van der Waals surface area contributed by atoms with Crippen LogP contribution in [0.15, 0.2) is 41.2 Å². The Labute approximate surface area is 156 Å². The smallest absolute Gasteiger partial charge is 0.305 e. The molecule has 1 atom stereocenters. The Kier molecular flexibility index (Phi) is 5.12. The van der Waals surface area contributed by atoms with E-state index in [4.69, 9.17) is 0 Å². The number of anilines is 2. The van der Waals surface area contributed by atoms with E-state index in [9.17, 15) is 26.7 Å². The number of H-pyrrole nitrogens is 1. The molecule has 1 N–H and O–H groups in total. The number of fused-ring (bicyclic) bond motifs is 1. The highest BCUT2D eigenvalue weighted by Crippen LogP contribution is 2.34. The molecule has 3 rings (SSSR count). The summed E-state index contributed by atoms with van der Waals surface area (Å²) in [5, 5.41) is -0.104. The van der Waals surface area contributed by atoms with Crippen molar-refractivity contribution in [2.75, 3.05) is 4.90 Å². The van der Waals surface area contributed by atoms with Gasteiger partial charge in [0.1, 0.15) is 11.6 Å². The van der Waals surface area contributed by atoms with Crippen LogP contribution >= 0.6 is 22.6 Å². The molecule has 0 aliphatic rings. The molecule has 0 spiro atoms. The van der Waals surface area contributed by atoms with Gasteiger partial charge in [0.25, 0.3) is 6.43 Å². The Morgan fingerprint density at radius 3 is 2.42 bits per heavy atom. The van der Waals surface area contributed by atoms with Crippen molar-refractivity contribution in [1.82, 2.24) is 9.97 Å². The molecule has 0 radical (unpaired) electrons. The van der Waals surface area contributed by atoms with E-state index in [0.717, 1.165) is 24.3 Å². The summed E-state index contributed by atoms with van der Waals surface area (Å²) in [4.78, 5) is 18.0. The van der Waals surface area contributed by atoms with Gasteiger partial charge in [-0.15, -0.1) is 0 Å². The number of aromatic amines is 1. The zero-order chi connectivity index (χ0) is 19.0. The van der Waals surface area contributed by atoms with E-state index < -0.39 is 35.9 Å². The number of nitrogens with one attached hydrogen (secondary N) is 1. The predicted octanol–water partition coefficient (Wildman–Crippen LogP) is 4.50. The summed E-state index contributed by atoms with van der Waals surface area (Å²) < 4.78 is 68.3. The first kappa shape index (κ1) is 18.5. The third kappa shape index (κ3) is 3.64. The second-order valence-corrected chi connectivity index (χ2v) is 6.51. The Hall–Kier alpha value is -2.24. The molecule has 1 aromatic heterocycles. The first-order valence-corrected chi connectivity index (χ1v) is 8.21. The Morgan fingerprint density at radius 2 is 1.77 bits per heavy atom. The molecule has 3 aromatic rings. The Balaban J connectivity index is 2.34. The minimum Gasteiger partial charge on any atom is -0.305 e. The van der Waals surface area contributed by atoms with Crippen LogP contribution in [0, 0.1) is 15.2 Å². The lowest BCUT2D eigenvalue weighted by atomic mass is 10.2. The topological polar surface area (TPSA) is 49.0 Å². The fraction of sp³-hybridized carbons (Fsp3) is 0.125. The number of nitrogens with zero attached hydrogens (tertiary/aromatic N) is 2. The maximum atomic E-state index is 14.4. The Bertz CT molecular complexity index is 1010. The van der Waals surface area contributed by atoms with Crippen molar-refractivity contribution in [3.63, 3.8) is 0 Å². The van der Waals surface area contributed by atoms with Gasteiger partial charge in [-0.25, -0.2) is 26.7 Å². The number of hydrogen-bond acceptors (Lipinski definition) is 3. The quantitative estimate of drug-likeness (QED) is 0.339. The van der Waals surface area contributed by atoms with Crippen molar-refractivity contribution in [3.8, 4) is 0 Å². The summed E-state index contributed by atoms with van der Waals surface area (Å²) in [5.74, 6) is -2.08. The van der Waals surface area contributed by atoms with E-state index in [2.05, 4.69) is 9.97 Å². The van der Waals surface area contributed by atoms with Crippen LogP contribution in [-0.2, 0) is 0 Å². The van der Waals surface area contributed by atoms with Gasteiger partial charge in [-0.2, -0.15) is 4.98 Å². The van der Waals surface area contributed by atoms with E-state index in [1.807, 2.05) is 0 Å². The van der Waals surface area contributed by atoms with Crippen LogP contribution in [-0.4, -0.2) is 22.7 Å². The van der Waals surface area contributed by atoms with Crippen LogP contribution < -0.4 is 10.6 Å². The summed E-state index contributed by atoms with van der Waals surface area (Å²) in [6, 6.07) is 6.33. The van der Waals surface area contributed by atoms with Crippen molar-refractivity contribution < 1.29 is 22.0 Å². The normalized spacial score (nSPS) is 12.6. The summed E-state index contributed by atoms with van der Waals surface area (Å²) in [6.45, 7) is 0. The highest BCUT2D eigenvalue weighted by atomic mass is 127. The molecule has 0 fully saturated rings. The van der Waals surface area contributed by atoms with Gasteiger partial charge in [0, 0.05) is 14.6 Å². The predicted molar refractivity (Wildman–Crippen MR) is 94.5 cm³/mol. The second-order valence-electron chi connectivity index (χ2n) is 5.26. The lowest BCUT2D eigenvalue weighted by Gasteiger charge is -2.28. The molecule has 4 nitrogen and oxygen atoms in total. The largest absolute Gasteiger partial charge is 0.347 e. The SMILES string of the molecule is O=c1nc(N(c2cc(F)cc(I)c2)C(F)C(F)F)c2cc(F)ccc2[nH]1. The minimum absolute atomic E-state index is 0.0685. The maximum absolute atomic E-state index is 14.4. The summed E-state index contributed by atoms with van der Waals surface area (Å²) in [7, 11) is 0. The molecule has 136 valence electrons. The number of alkyl halides is 3. The van der Waals surface area contributed by atoms with E-state index in [0.29, 0.717) is 8.47 Å². The van der Waals surface area contributed by atoms with Gasteiger partial charge < -0.3 is 4.98 Å². The van der Waals surface area contributed by atoms with Crippen molar-refractivity contribution >= 4 is 45.0 Å². The van der Waals surface area contributed by atoms with Crippen molar-refractivity contribution in [1.29, 1.82) is 0 Å². The van der Waals surface area contributed by atoms with Crippen molar-refractivity contribution in [3.05, 3.63) is 62.1 Å². The molecular formula is C16H9F5IN3O. The molecule has 0 aliphatic heterocycles. The number of halogens is 6. The summed E-state index contributed by atoms with van der Waals surface area (Å²) in [5.41, 5.74) is -1.17. The van der Waals surface area contributed by atoms with E-state index in [1.165, 1.54) is 12.1 Å². The van der Waals surface area contributed by atoms with Crippen LogP contribution in [0.3, 0.4) is 0 Å². The molecule has 0 amide bonds. The number of benzene rings is 2. The first-order valence-electron chi connectivity index (χ1n) is 7.13. The molecule has 10 heteroatoms. The molecule has 2 aromatic carbocycles. The summed E-state index contributed by atoms with van der Waals surface area (Å²) in [6.07, 6.45) is -6.42. The molecule has 0 saturated carbocycles. The monoisotopic (exact) mass is 481 g/mol. The second kappa shape index (κ2) is 7.17. The van der Waals surface area contributed by atoms with Gasteiger partial charge in [-0.05, 0) is 59.0 Å². The first-order chi connectivity index (χ1) is 12.3. The highest BCUT2D eigenvalue weighted by molar-refractivity contribution is 14.1. The van der Waals surface area contributed by atoms with Crippen LogP contribution in [0.1, 0.15) is 0 Å². The molecule has 26 heavy (non-hydrogen) atoms. The average Bonchev–Trinajstić information content (AvgIpc) is 2.54. The van der Waals surface area contributed by atoms with Crippen molar-refractivity contribution in [2.24, 2.45) is 0 Å². The zero-order valence-electron chi connectivity index (χ0n) is 12.7. The molecule has 0 aliphatic carbocycles. The van der Waals surface area contributed by atoms with Crippen molar-refractivity contribution in [2.45, 2.75) is 12.7 Å². The highest BCUT2D eigenvalue weighted by Gasteiger charge is 2.32. The third-order valence-electron chi connectivity index (χ3n) is 3.48. The Morgan fingerprint density at radius 1 is 1.04 bits per heavy atom. The van der Waals surface area contributed by atoms with Crippen LogP contribution in [0.2, 0.25) is 0 Å². The number of aromatic nitrogens is 2. The zero-order valence-corrected chi connectivity index (χ0v) is 14.8. The number of rotatable bonds is 4. The van der Waals surface area contributed by atoms with Gasteiger partial charge in [0.15, 0.2) is 5.82 Å². The van der Waals surface area contributed by atoms with Gasteiger partial charge >= 0.3 is 5.69 Å². The van der Waals surface area contributed by atoms with Crippen LogP contribution in [0.4, 0.5) is 33.5 Å². The van der Waals surface area contributed by atoms with Gasteiger partial charge in [0.2, 0.25) is 6.30 Å². The van der Waals surface area contributed by atoms with E-state index >= 15 is 0 Å². The fourth-order valence-electron chi connectivity index (χ4n) is 2.47. The van der Waals surface area contributed by atoms with Gasteiger partial charge in [-0.3, -0.25) is 4.90 Å². The van der Waals surface area contributed by atoms with E-state index in [1.54, 1.807) is 22.6 Å². The van der Waals surface area contributed by atoms with Crippen LogP contribution in [0.25, 0.3) is 10.9 Å². The fourth-order valence-corrected chi connectivity index (χ4v) is 3.08. The summed E-state index contributed by atoms with van der Waals surface area (Å²) >= 11 is 1.73. The minimum atomic E-state index is -3.49. The van der Waals surface area contributed by atoms with Gasteiger partial charge in [-0.1, -0.05) is 0 Å². The van der Waals surface area contributed by atoms with Gasteiger partial charge in [0.05, 0.1) is 5.52 Å². The lowest BCUT2D eigenvalue weighted by Crippen LogP contribution is -2.35. The molecule has 1 unspecified atom stereocenters. The van der Waals surface area contributed by atoms with Crippen LogP contribution in [0.5, 0.6) is 0 Å². The number of hydrogen-bond donors (Lipinski definition) is 1. The lowest BCUT2D eigenvalue weighted by molar-refractivity contribution is 0.0534. The molecule has 1 heterocycles. The maximum Gasteiger partial charge on any atom is 0.347 e.